The monoisotopic (exact) mass is 257 g/mol. The van der Waals surface area contributed by atoms with Gasteiger partial charge in [0.15, 0.2) is 0 Å². The van der Waals surface area contributed by atoms with Gasteiger partial charge in [-0.1, -0.05) is 6.92 Å². The standard InChI is InChI=1S/C12H19N3O.ClH/c1-3-7-15(4-2)12(16)10-5-6-14-11(8-10)9-13;/h5-6,8H,3-4,7,9,13H2,1-2H3;1H. The molecule has 0 radical (unpaired) electrons. The van der Waals surface area contributed by atoms with E-state index in [1.165, 1.54) is 0 Å². The zero-order chi connectivity index (χ0) is 12.0. The minimum absolute atomic E-state index is 0. The Morgan fingerprint density at radius 1 is 1.47 bits per heavy atom. The van der Waals surface area contributed by atoms with Crippen LogP contribution >= 0.6 is 12.4 Å². The fourth-order valence-electron chi connectivity index (χ4n) is 1.58. The lowest BCUT2D eigenvalue weighted by Crippen LogP contribution is -2.31. The SMILES string of the molecule is CCCN(CC)C(=O)c1ccnc(CN)c1.Cl. The summed E-state index contributed by atoms with van der Waals surface area (Å²) < 4.78 is 0. The minimum Gasteiger partial charge on any atom is -0.339 e. The largest absolute Gasteiger partial charge is 0.339 e. The van der Waals surface area contributed by atoms with Crippen LogP contribution in [-0.2, 0) is 6.54 Å². The van der Waals surface area contributed by atoms with E-state index in [1.807, 2.05) is 11.8 Å². The number of carbonyl (C=O) groups excluding carboxylic acids is 1. The van der Waals surface area contributed by atoms with Gasteiger partial charge in [0, 0.05) is 31.4 Å². The van der Waals surface area contributed by atoms with Gasteiger partial charge in [-0.15, -0.1) is 12.4 Å². The predicted molar refractivity (Wildman–Crippen MR) is 71.2 cm³/mol. The highest BCUT2D eigenvalue weighted by molar-refractivity contribution is 5.94. The molecule has 0 fully saturated rings. The highest BCUT2D eigenvalue weighted by Crippen LogP contribution is 2.06. The Morgan fingerprint density at radius 2 is 2.18 bits per heavy atom. The molecule has 1 aromatic rings. The van der Waals surface area contributed by atoms with Gasteiger partial charge in [-0.3, -0.25) is 9.78 Å². The van der Waals surface area contributed by atoms with Crippen LogP contribution in [0, 0.1) is 0 Å². The van der Waals surface area contributed by atoms with Gasteiger partial charge in [0.2, 0.25) is 0 Å². The Labute approximate surface area is 109 Å². The third-order valence-electron chi connectivity index (χ3n) is 2.44. The number of rotatable bonds is 5. The first kappa shape index (κ1) is 15.9. The second-order valence-corrected chi connectivity index (χ2v) is 3.62. The van der Waals surface area contributed by atoms with E-state index in [1.54, 1.807) is 18.3 Å². The molecule has 0 spiro atoms. The lowest BCUT2D eigenvalue weighted by Gasteiger charge is -2.20. The molecule has 0 aliphatic rings. The Balaban J connectivity index is 0.00000256. The molecule has 4 nitrogen and oxygen atoms in total. The molecule has 0 saturated heterocycles. The highest BCUT2D eigenvalue weighted by atomic mass is 35.5. The van der Waals surface area contributed by atoms with Gasteiger partial charge < -0.3 is 10.6 Å². The number of nitrogens with zero attached hydrogens (tertiary/aromatic N) is 2. The first-order valence-electron chi connectivity index (χ1n) is 5.67. The third-order valence-corrected chi connectivity index (χ3v) is 2.44. The van der Waals surface area contributed by atoms with E-state index in [9.17, 15) is 4.79 Å². The molecule has 0 bridgehead atoms. The summed E-state index contributed by atoms with van der Waals surface area (Å²) in [5, 5.41) is 0. The second-order valence-electron chi connectivity index (χ2n) is 3.62. The van der Waals surface area contributed by atoms with Crippen LogP contribution in [0.15, 0.2) is 18.3 Å². The van der Waals surface area contributed by atoms with Crippen LogP contribution in [0.5, 0.6) is 0 Å². The van der Waals surface area contributed by atoms with Crippen LogP contribution < -0.4 is 5.73 Å². The first-order chi connectivity index (χ1) is 7.72. The van der Waals surface area contributed by atoms with Gasteiger partial charge in [-0.25, -0.2) is 0 Å². The molecule has 0 saturated carbocycles. The number of carbonyl (C=O) groups is 1. The lowest BCUT2D eigenvalue weighted by atomic mass is 10.2. The van der Waals surface area contributed by atoms with Crippen molar-refractivity contribution in [1.29, 1.82) is 0 Å². The van der Waals surface area contributed by atoms with Gasteiger partial charge in [0.25, 0.3) is 5.91 Å². The fourth-order valence-corrected chi connectivity index (χ4v) is 1.58. The second kappa shape index (κ2) is 8.03. The summed E-state index contributed by atoms with van der Waals surface area (Å²) in [7, 11) is 0. The molecule has 17 heavy (non-hydrogen) atoms. The van der Waals surface area contributed by atoms with Crippen molar-refractivity contribution in [2.45, 2.75) is 26.8 Å². The number of amides is 1. The van der Waals surface area contributed by atoms with Crippen LogP contribution in [0.25, 0.3) is 0 Å². The molecular weight excluding hydrogens is 238 g/mol. The summed E-state index contributed by atoms with van der Waals surface area (Å²) in [4.78, 5) is 18.0. The van der Waals surface area contributed by atoms with Crippen LogP contribution in [0.4, 0.5) is 0 Å². The molecule has 1 heterocycles. The zero-order valence-electron chi connectivity index (χ0n) is 10.3. The quantitative estimate of drug-likeness (QED) is 0.876. The lowest BCUT2D eigenvalue weighted by molar-refractivity contribution is 0.0764. The minimum atomic E-state index is 0. The van der Waals surface area contributed by atoms with E-state index >= 15 is 0 Å². The number of hydrogen-bond acceptors (Lipinski definition) is 3. The number of pyridine rings is 1. The van der Waals surface area contributed by atoms with Crippen LogP contribution in [0.3, 0.4) is 0 Å². The van der Waals surface area contributed by atoms with Crippen molar-refractivity contribution < 1.29 is 4.79 Å². The van der Waals surface area contributed by atoms with Gasteiger partial charge in [0.1, 0.15) is 0 Å². The summed E-state index contributed by atoms with van der Waals surface area (Å²) in [6.07, 6.45) is 2.60. The Bertz CT molecular complexity index is 357. The Morgan fingerprint density at radius 3 is 2.71 bits per heavy atom. The molecule has 1 aromatic heterocycles. The Kier molecular flexibility index (Phi) is 7.50. The van der Waals surface area contributed by atoms with Crippen molar-refractivity contribution in [3.63, 3.8) is 0 Å². The molecule has 5 heteroatoms. The van der Waals surface area contributed by atoms with E-state index in [4.69, 9.17) is 5.73 Å². The summed E-state index contributed by atoms with van der Waals surface area (Å²) >= 11 is 0. The van der Waals surface area contributed by atoms with Crippen LogP contribution in [0.1, 0.15) is 36.3 Å². The number of halogens is 1. The molecule has 0 atom stereocenters. The molecule has 0 aliphatic carbocycles. The first-order valence-corrected chi connectivity index (χ1v) is 5.67. The van der Waals surface area contributed by atoms with Gasteiger partial charge in [-0.2, -0.15) is 0 Å². The number of hydrogen-bond donors (Lipinski definition) is 1. The third kappa shape index (κ3) is 4.32. The topological polar surface area (TPSA) is 59.2 Å². The van der Waals surface area contributed by atoms with Crippen molar-refractivity contribution in [1.82, 2.24) is 9.88 Å². The van der Waals surface area contributed by atoms with Crippen molar-refractivity contribution in [2.24, 2.45) is 5.73 Å². The average Bonchev–Trinajstić information content (AvgIpc) is 2.35. The molecule has 1 rings (SSSR count). The van der Waals surface area contributed by atoms with Crippen molar-refractivity contribution in [3.05, 3.63) is 29.6 Å². The van der Waals surface area contributed by atoms with Crippen molar-refractivity contribution >= 4 is 18.3 Å². The normalized spacial score (nSPS) is 9.59. The van der Waals surface area contributed by atoms with Gasteiger partial charge in [0.05, 0.1) is 5.69 Å². The summed E-state index contributed by atoms with van der Waals surface area (Å²) in [6, 6.07) is 3.50. The maximum absolute atomic E-state index is 12.1. The van der Waals surface area contributed by atoms with Gasteiger partial charge in [-0.05, 0) is 25.5 Å². The van der Waals surface area contributed by atoms with Crippen molar-refractivity contribution in [2.75, 3.05) is 13.1 Å². The summed E-state index contributed by atoms with van der Waals surface area (Å²) in [6.45, 7) is 5.93. The van der Waals surface area contributed by atoms with E-state index < -0.39 is 0 Å². The van der Waals surface area contributed by atoms with Crippen molar-refractivity contribution in [3.8, 4) is 0 Å². The summed E-state index contributed by atoms with van der Waals surface area (Å²) in [5.74, 6) is 0.0569. The number of nitrogens with two attached hydrogens (primary N) is 1. The highest BCUT2D eigenvalue weighted by Gasteiger charge is 2.13. The Hall–Kier alpha value is -1.13. The molecule has 96 valence electrons. The summed E-state index contributed by atoms with van der Waals surface area (Å²) in [5.41, 5.74) is 6.92. The van der Waals surface area contributed by atoms with Crippen LogP contribution in [-0.4, -0.2) is 28.9 Å². The smallest absolute Gasteiger partial charge is 0.253 e. The van der Waals surface area contributed by atoms with E-state index in [0.717, 1.165) is 25.2 Å². The van der Waals surface area contributed by atoms with E-state index in [-0.39, 0.29) is 18.3 Å². The average molecular weight is 258 g/mol. The molecular formula is C12H20ClN3O. The zero-order valence-corrected chi connectivity index (χ0v) is 11.2. The molecule has 0 aliphatic heterocycles. The fraction of sp³-hybridized carbons (Fsp3) is 0.500. The maximum Gasteiger partial charge on any atom is 0.253 e. The maximum atomic E-state index is 12.1. The van der Waals surface area contributed by atoms with E-state index in [0.29, 0.717) is 12.1 Å². The molecule has 0 aromatic carbocycles. The molecule has 2 N–H and O–H groups in total. The van der Waals surface area contributed by atoms with Gasteiger partial charge >= 0.3 is 0 Å². The predicted octanol–water partition coefficient (Wildman–Crippen LogP) is 1.83. The molecule has 0 unspecified atom stereocenters. The molecule has 1 amide bonds. The number of aromatic nitrogens is 1. The van der Waals surface area contributed by atoms with E-state index in [2.05, 4.69) is 11.9 Å². The van der Waals surface area contributed by atoms with Crippen LogP contribution in [0.2, 0.25) is 0 Å².